The van der Waals surface area contributed by atoms with Crippen molar-refractivity contribution < 1.29 is 4.74 Å². The zero-order valence-electron chi connectivity index (χ0n) is 10.5. The minimum atomic E-state index is 0.481. The van der Waals surface area contributed by atoms with Crippen LogP contribution in [-0.4, -0.2) is 4.57 Å². The summed E-state index contributed by atoms with van der Waals surface area (Å²) in [6, 6.07) is 11.4. The van der Waals surface area contributed by atoms with E-state index in [9.17, 15) is 0 Å². The molecule has 1 aromatic heterocycles. The summed E-state index contributed by atoms with van der Waals surface area (Å²) in [6.07, 6.45) is 0. The van der Waals surface area contributed by atoms with E-state index in [2.05, 4.69) is 6.07 Å². The Kier molecular flexibility index (Phi) is 3.24. The van der Waals surface area contributed by atoms with Gasteiger partial charge in [-0.2, -0.15) is 5.26 Å². The zero-order chi connectivity index (χ0) is 13.1. The highest BCUT2D eigenvalue weighted by Crippen LogP contribution is 2.31. The maximum atomic E-state index is 9.01. The highest BCUT2D eigenvalue weighted by Gasteiger charge is 2.13. The van der Waals surface area contributed by atoms with E-state index in [0.29, 0.717) is 29.6 Å². The van der Waals surface area contributed by atoms with Crippen LogP contribution in [-0.2, 0) is 6.54 Å². The SMILES string of the molecule is CCn1c(C#N)cc(N)c1Oc1ccc(C)cc1. The molecule has 1 aromatic carbocycles. The van der Waals surface area contributed by atoms with Crippen molar-refractivity contribution in [3.05, 3.63) is 41.6 Å². The lowest BCUT2D eigenvalue weighted by molar-refractivity contribution is 0.434. The number of aryl methyl sites for hydroxylation is 1. The Morgan fingerprint density at radius 3 is 2.56 bits per heavy atom. The van der Waals surface area contributed by atoms with Gasteiger partial charge in [-0.05, 0) is 26.0 Å². The summed E-state index contributed by atoms with van der Waals surface area (Å²) in [5, 5.41) is 9.01. The second-order valence-electron chi connectivity index (χ2n) is 4.06. The van der Waals surface area contributed by atoms with E-state index < -0.39 is 0 Å². The molecule has 2 aromatic rings. The minimum absolute atomic E-state index is 0.481. The van der Waals surface area contributed by atoms with Gasteiger partial charge in [0.2, 0.25) is 5.88 Å². The van der Waals surface area contributed by atoms with Gasteiger partial charge in [-0.3, -0.25) is 0 Å². The molecule has 0 atom stereocenters. The number of nitrogens with two attached hydrogens (primary N) is 1. The largest absolute Gasteiger partial charge is 0.439 e. The van der Waals surface area contributed by atoms with Gasteiger partial charge in [0, 0.05) is 12.6 Å². The molecule has 0 amide bonds. The fraction of sp³-hybridized carbons (Fsp3) is 0.214. The zero-order valence-corrected chi connectivity index (χ0v) is 10.5. The molecule has 0 radical (unpaired) electrons. The molecule has 4 heteroatoms. The molecule has 0 aliphatic rings. The van der Waals surface area contributed by atoms with Crippen LogP contribution < -0.4 is 10.5 Å². The Morgan fingerprint density at radius 2 is 2.00 bits per heavy atom. The van der Waals surface area contributed by atoms with E-state index in [-0.39, 0.29) is 0 Å². The van der Waals surface area contributed by atoms with E-state index >= 15 is 0 Å². The van der Waals surface area contributed by atoms with Crippen molar-refractivity contribution >= 4 is 5.69 Å². The van der Waals surface area contributed by atoms with Gasteiger partial charge in [0.1, 0.15) is 17.5 Å². The van der Waals surface area contributed by atoms with Crippen molar-refractivity contribution in [2.75, 3.05) is 5.73 Å². The third-order valence-electron chi connectivity index (χ3n) is 2.74. The molecule has 0 aliphatic carbocycles. The lowest BCUT2D eigenvalue weighted by Gasteiger charge is -2.10. The average molecular weight is 241 g/mol. The molecule has 0 fully saturated rings. The second kappa shape index (κ2) is 4.84. The molecule has 0 bridgehead atoms. The first kappa shape index (κ1) is 12.1. The standard InChI is InChI=1S/C14H15N3O/c1-3-17-11(9-15)8-13(16)14(17)18-12-6-4-10(2)5-7-12/h4-8H,3,16H2,1-2H3. The minimum Gasteiger partial charge on any atom is -0.439 e. The smallest absolute Gasteiger partial charge is 0.224 e. The number of benzene rings is 1. The fourth-order valence-electron chi connectivity index (χ4n) is 1.79. The molecule has 0 unspecified atom stereocenters. The first-order chi connectivity index (χ1) is 8.65. The lowest BCUT2D eigenvalue weighted by atomic mass is 10.2. The number of hydrogen-bond donors (Lipinski definition) is 1. The predicted molar refractivity (Wildman–Crippen MR) is 70.5 cm³/mol. The summed E-state index contributed by atoms with van der Waals surface area (Å²) < 4.78 is 7.51. The van der Waals surface area contributed by atoms with Crippen LogP contribution in [0.1, 0.15) is 18.2 Å². The van der Waals surface area contributed by atoms with Gasteiger partial charge in [-0.1, -0.05) is 17.7 Å². The third kappa shape index (κ3) is 2.16. The number of nitrogens with zero attached hydrogens (tertiary/aromatic N) is 2. The molecule has 0 aliphatic heterocycles. The topological polar surface area (TPSA) is 64.0 Å². The van der Waals surface area contributed by atoms with Gasteiger partial charge in [0.15, 0.2) is 0 Å². The second-order valence-corrected chi connectivity index (χ2v) is 4.06. The Bertz CT molecular complexity index is 591. The number of aromatic nitrogens is 1. The third-order valence-corrected chi connectivity index (χ3v) is 2.74. The Hall–Kier alpha value is -2.41. The summed E-state index contributed by atoms with van der Waals surface area (Å²) in [4.78, 5) is 0. The molecule has 0 saturated heterocycles. The number of anilines is 1. The van der Waals surface area contributed by atoms with Crippen LogP contribution in [0.25, 0.3) is 0 Å². The van der Waals surface area contributed by atoms with Gasteiger partial charge in [-0.25, -0.2) is 0 Å². The van der Waals surface area contributed by atoms with Gasteiger partial charge in [0.05, 0.1) is 5.69 Å². The predicted octanol–water partition coefficient (Wildman–Crippen LogP) is 3.06. The van der Waals surface area contributed by atoms with E-state index in [1.807, 2.05) is 38.1 Å². The highest BCUT2D eigenvalue weighted by molar-refractivity contribution is 5.56. The van der Waals surface area contributed by atoms with Gasteiger partial charge < -0.3 is 15.0 Å². The number of nitriles is 1. The molecule has 4 nitrogen and oxygen atoms in total. The maximum absolute atomic E-state index is 9.01. The first-order valence-corrected chi connectivity index (χ1v) is 5.79. The molecule has 2 rings (SSSR count). The molecule has 92 valence electrons. The normalized spacial score (nSPS) is 10.1. The number of nitrogen functional groups attached to an aromatic ring is 1. The van der Waals surface area contributed by atoms with E-state index in [1.165, 1.54) is 5.56 Å². The van der Waals surface area contributed by atoms with Gasteiger partial charge >= 0.3 is 0 Å². The molecule has 18 heavy (non-hydrogen) atoms. The van der Waals surface area contributed by atoms with Crippen LogP contribution in [0, 0.1) is 18.3 Å². The Balaban J connectivity index is 2.37. The summed E-state index contributed by atoms with van der Waals surface area (Å²) in [5.74, 6) is 1.24. The molecule has 0 saturated carbocycles. The molecule has 1 heterocycles. The molecule has 2 N–H and O–H groups in total. The molecular weight excluding hydrogens is 226 g/mol. The van der Waals surface area contributed by atoms with Crippen molar-refractivity contribution in [2.45, 2.75) is 20.4 Å². The van der Waals surface area contributed by atoms with Gasteiger partial charge in [-0.15, -0.1) is 0 Å². The van der Waals surface area contributed by atoms with Crippen LogP contribution in [0.5, 0.6) is 11.6 Å². The lowest BCUT2D eigenvalue weighted by Crippen LogP contribution is -2.01. The number of hydrogen-bond acceptors (Lipinski definition) is 3. The summed E-state index contributed by atoms with van der Waals surface area (Å²) in [6.45, 7) is 4.60. The monoisotopic (exact) mass is 241 g/mol. The summed E-state index contributed by atoms with van der Waals surface area (Å²) in [5.41, 5.74) is 8.03. The average Bonchev–Trinajstić information content (AvgIpc) is 2.68. The van der Waals surface area contributed by atoms with Crippen molar-refractivity contribution in [3.8, 4) is 17.7 Å². The van der Waals surface area contributed by atoms with Crippen LogP contribution >= 0.6 is 0 Å². The van der Waals surface area contributed by atoms with Crippen LogP contribution in [0.2, 0.25) is 0 Å². The van der Waals surface area contributed by atoms with Crippen molar-refractivity contribution in [2.24, 2.45) is 0 Å². The fourth-order valence-corrected chi connectivity index (χ4v) is 1.79. The van der Waals surface area contributed by atoms with Crippen molar-refractivity contribution in [1.29, 1.82) is 5.26 Å². The van der Waals surface area contributed by atoms with Crippen LogP contribution in [0.4, 0.5) is 5.69 Å². The quantitative estimate of drug-likeness (QED) is 0.898. The Labute approximate surface area is 106 Å². The van der Waals surface area contributed by atoms with Crippen molar-refractivity contribution in [1.82, 2.24) is 4.57 Å². The number of rotatable bonds is 3. The van der Waals surface area contributed by atoms with Crippen LogP contribution in [0.15, 0.2) is 30.3 Å². The molecule has 0 spiro atoms. The van der Waals surface area contributed by atoms with Gasteiger partial charge in [0.25, 0.3) is 0 Å². The summed E-state index contributed by atoms with van der Waals surface area (Å²) >= 11 is 0. The number of ether oxygens (including phenoxy) is 1. The summed E-state index contributed by atoms with van der Waals surface area (Å²) in [7, 11) is 0. The van der Waals surface area contributed by atoms with E-state index in [0.717, 1.165) is 0 Å². The van der Waals surface area contributed by atoms with E-state index in [4.69, 9.17) is 15.7 Å². The van der Waals surface area contributed by atoms with Crippen molar-refractivity contribution in [3.63, 3.8) is 0 Å². The van der Waals surface area contributed by atoms with E-state index in [1.54, 1.807) is 10.6 Å². The first-order valence-electron chi connectivity index (χ1n) is 5.79. The van der Waals surface area contributed by atoms with Crippen LogP contribution in [0.3, 0.4) is 0 Å². The molecular formula is C14H15N3O. The maximum Gasteiger partial charge on any atom is 0.224 e. The Morgan fingerprint density at radius 1 is 1.33 bits per heavy atom. The highest BCUT2D eigenvalue weighted by atomic mass is 16.5.